The van der Waals surface area contributed by atoms with Crippen molar-refractivity contribution in [1.29, 1.82) is 0 Å². The predicted octanol–water partition coefficient (Wildman–Crippen LogP) is 1.54. The normalized spacial score (nSPS) is 20.5. The maximum Gasteiger partial charge on any atom is 0.241 e. The van der Waals surface area contributed by atoms with Crippen molar-refractivity contribution in [2.24, 2.45) is 0 Å². The summed E-state index contributed by atoms with van der Waals surface area (Å²) in [5.41, 5.74) is 0.774. The van der Waals surface area contributed by atoms with Crippen molar-refractivity contribution in [3.05, 3.63) is 12.4 Å². The Morgan fingerprint density at radius 1 is 1.59 bits per heavy atom. The fraction of sp³-hybridized carbons (Fsp3) is 0.667. The van der Waals surface area contributed by atoms with Gasteiger partial charge in [-0.05, 0) is 33.2 Å². The zero-order chi connectivity index (χ0) is 12.3. The first-order chi connectivity index (χ1) is 8.16. The van der Waals surface area contributed by atoms with Crippen molar-refractivity contribution in [1.82, 2.24) is 15.1 Å². The van der Waals surface area contributed by atoms with E-state index in [0.29, 0.717) is 6.04 Å². The van der Waals surface area contributed by atoms with E-state index in [0.717, 1.165) is 31.5 Å². The van der Waals surface area contributed by atoms with Gasteiger partial charge in [-0.3, -0.25) is 9.48 Å². The monoisotopic (exact) mass is 236 g/mol. The van der Waals surface area contributed by atoms with Crippen LogP contribution in [0.15, 0.2) is 12.4 Å². The molecule has 1 aromatic rings. The number of nitrogens with zero attached hydrogens (tertiary/aromatic N) is 2. The van der Waals surface area contributed by atoms with Crippen molar-refractivity contribution in [2.75, 3.05) is 11.9 Å². The Balaban J connectivity index is 1.92. The highest BCUT2D eigenvalue weighted by Gasteiger charge is 2.20. The SMILES string of the molecule is CC(C)n1cc(NC(=O)C2CCCCN2)cn1. The van der Waals surface area contributed by atoms with Crippen molar-refractivity contribution in [3.63, 3.8) is 0 Å². The number of carbonyl (C=O) groups excluding carboxylic acids is 1. The predicted molar refractivity (Wildman–Crippen MR) is 66.9 cm³/mol. The molecule has 0 bridgehead atoms. The Bertz CT molecular complexity index is 380. The number of amides is 1. The van der Waals surface area contributed by atoms with Crippen LogP contribution in [0.2, 0.25) is 0 Å². The van der Waals surface area contributed by atoms with E-state index in [1.54, 1.807) is 6.20 Å². The standard InChI is InChI=1S/C12H20N4O/c1-9(2)16-8-10(7-14-16)15-12(17)11-5-3-4-6-13-11/h7-9,11,13H,3-6H2,1-2H3,(H,15,17). The van der Waals surface area contributed by atoms with E-state index >= 15 is 0 Å². The summed E-state index contributed by atoms with van der Waals surface area (Å²) in [6, 6.07) is 0.264. The average Bonchev–Trinajstić information content (AvgIpc) is 2.79. The molecule has 94 valence electrons. The topological polar surface area (TPSA) is 59.0 Å². The first-order valence-electron chi connectivity index (χ1n) is 6.25. The third kappa shape index (κ3) is 3.06. The molecule has 5 nitrogen and oxygen atoms in total. The second kappa shape index (κ2) is 5.31. The smallest absolute Gasteiger partial charge is 0.241 e. The number of rotatable bonds is 3. The van der Waals surface area contributed by atoms with E-state index < -0.39 is 0 Å². The van der Waals surface area contributed by atoms with Gasteiger partial charge in [-0.2, -0.15) is 5.10 Å². The minimum absolute atomic E-state index is 0.0491. The van der Waals surface area contributed by atoms with E-state index in [1.165, 1.54) is 0 Å². The van der Waals surface area contributed by atoms with Crippen LogP contribution in [-0.2, 0) is 4.79 Å². The summed E-state index contributed by atoms with van der Waals surface area (Å²) in [5, 5.41) is 10.3. The molecular formula is C12H20N4O. The van der Waals surface area contributed by atoms with Gasteiger partial charge in [-0.25, -0.2) is 0 Å². The van der Waals surface area contributed by atoms with Crippen LogP contribution in [-0.4, -0.2) is 28.3 Å². The molecule has 2 N–H and O–H groups in total. The van der Waals surface area contributed by atoms with E-state index in [-0.39, 0.29) is 11.9 Å². The molecule has 1 unspecified atom stereocenters. The molecule has 0 saturated carbocycles. The first kappa shape index (κ1) is 12.1. The molecule has 1 aromatic heterocycles. The lowest BCUT2D eigenvalue weighted by molar-refractivity contribution is -0.118. The Hall–Kier alpha value is -1.36. The molecule has 1 aliphatic heterocycles. The summed E-state index contributed by atoms with van der Waals surface area (Å²) >= 11 is 0. The molecule has 1 fully saturated rings. The third-order valence-corrected chi connectivity index (χ3v) is 3.02. The van der Waals surface area contributed by atoms with Gasteiger partial charge in [0.25, 0.3) is 0 Å². The maximum atomic E-state index is 11.9. The number of anilines is 1. The summed E-state index contributed by atoms with van der Waals surface area (Å²) in [6.07, 6.45) is 6.77. The minimum Gasteiger partial charge on any atom is -0.322 e. The van der Waals surface area contributed by atoms with Crippen LogP contribution in [0.25, 0.3) is 0 Å². The van der Waals surface area contributed by atoms with E-state index in [2.05, 4.69) is 29.6 Å². The van der Waals surface area contributed by atoms with Gasteiger partial charge in [-0.1, -0.05) is 6.42 Å². The quantitative estimate of drug-likeness (QED) is 0.837. The summed E-state index contributed by atoms with van der Waals surface area (Å²) < 4.78 is 1.84. The van der Waals surface area contributed by atoms with Crippen LogP contribution in [0.4, 0.5) is 5.69 Å². The van der Waals surface area contributed by atoms with Gasteiger partial charge in [0.1, 0.15) is 0 Å². The van der Waals surface area contributed by atoms with Gasteiger partial charge in [0, 0.05) is 12.2 Å². The number of carbonyl (C=O) groups is 1. The van der Waals surface area contributed by atoms with Crippen LogP contribution in [0.3, 0.4) is 0 Å². The summed E-state index contributed by atoms with van der Waals surface area (Å²) in [7, 11) is 0. The Morgan fingerprint density at radius 2 is 2.41 bits per heavy atom. The molecule has 0 radical (unpaired) electrons. The molecule has 17 heavy (non-hydrogen) atoms. The van der Waals surface area contributed by atoms with Crippen molar-refractivity contribution >= 4 is 11.6 Å². The van der Waals surface area contributed by atoms with Crippen LogP contribution in [0.1, 0.15) is 39.2 Å². The van der Waals surface area contributed by atoms with Crippen LogP contribution in [0.5, 0.6) is 0 Å². The third-order valence-electron chi connectivity index (χ3n) is 3.02. The van der Waals surface area contributed by atoms with Gasteiger partial charge in [0.2, 0.25) is 5.91 Å². The zero-order valence-electron chi connectivity index (χ0n) is 10.4. The first-order valence-corrected chi connectivity index (χ1v) is 6.25. The number of aromatic nitrogens is 2. The largest absolute Gasteiger partial charge is 0.322 e. The lowest BCUT2D eigenvalue weighted by atomic mass is 10.0. The highest BCUT2D eigenvalue weighted by Crippen LogP contribution is 2.12. The number of hydrogen-bond donors (Lipinski definition) is 2. The molecular weight excluding hydrogens is 216 g/mol. The lowest BCUT2D eigenvalue weighted by Gasteiger charge is -2.22. The second-order valence-corrected chi connectivity index (χ2v) is 4.79. The molecule has 1 atom stereocenters. The Morgan fingerprint density at radius 3 is 3.00 bits per heavy atom. The van der Waals surface area contributed by atoms with Crippen molar-refractivity contribution in [3.8, 4) is 0 Å². The molecule has 2 heterocycles. The number of piperidine rings is 1. The summed E-state index contributed by atoms with van der Waals surface area (Å²) in [4.78, 5) is 11.9. The zero-order valence-corrected chi connectivity index (χ0v) is 10.4. The Kier molecular flexibility index (Phi) is 3.78. The molecule has 0 aliphatic carbocycles. The Labute approximate surface area is 102 Å². The van der Waals surface area contributed by atoms with Gasteiger partial charge < -0.3 is 10.6 Å². The second-order valence-electron chi connectivity index (χ2n) is 4.79. The summed E-state index contributed by atoms with van der Waals surface area (Å²) in [6.45, 7) is 5.05. The molecule has 0 spiro atoms. The van der Waals surface area contributed by atoms with E-state index in [4.69, 9.17) is 0 Å². The molecule has 1 amide bonds. The van der Waals surface area contributed by atoms with Gasteiger partial charge >= 0.3 is 0 Å². The van der Waals surface area contributed by atoms with Gasteiger partial charge in [-0.15, -0.1) is 0 Å². The highest BCUT2D eigenvalue weighted by molar-refractivity contribution is 5.94. The van der Waals surface area contributed by atoms with Crippen molar-refractivity contribution in [2.45, 2.75) is 45.2 Å². The number of nitrogens with one attached hydrogen (secondary N) is 2. The average molecular weight is 236 g/mol. The molecule has 2 rings (SSSR count). The van der Waals surface area contributed by atoms with E-state index in [9.17, 15) is 4.79 Å². The van der Waals surface area contributed by atoms with Crippen LogP contribution >= 0.6 is 0 Å². The highest BCUT2D eigenvalue weighted by atomic mass is 16.2. The van der Waals surface area contributed by atoms with Gasteiger partial charge in [0.15, 0.2) is 0 Å². The van der Waals surface area contributed by atoms with Crippen LogP contribution in [0, 0.1) is 0 Å². The summed E-state index contributed by atoms with van der Waals surface area (Å²) in [5.74, 6) is 0.0491. The molecule has 5 heteroatoms. The lowest BCUT2D eigenvalue weighted by Crippen LogP contribution is -2.43. The van der Waals surface area contributed by atoms with Crippen LogP contribution < -0.4 is 10.6 Å². The van der Waals surface area contributed by atoms with Gasteiger partial charge in [0.05, 0.1) is 17.9 Å². The molecule has 0 aromatic carbocycles. The van der Waals surface area contributed by atoms with Crippen molar-refractivity contribution < 1.29 is 4.79 Å². The minimum atomic E-state index is -0.0499. The number of hydrogen-bond acceptors (Lipinski definition) is 3. The molecule has 1 saturated heterocycles. The molecule has 1 aliphatic rings. The fourth-order valence-corrected chi connectivity index (χ4v) is 1.99. The maximum absolute atomic E-state index is 11.9. The van der Waals surface area contributed by atoms with E-state index in [1.807, 2.05) is 10.9 Å². The fourth-order valence-electron chi connectivity index (χ4n) is 1.99.